The largest absolute Gasteiger partial charge is 0.486 e. The molecule has 35 heavy (non-hydrogen) atoms. The highest BCUT2D eigenvalue weighted by Gasteiger charge is 2.27. The maximum absolute atomic E-state index is 11.4. The van der Waals surface area contributed by atoms with Crippen LogP contribution in [-0.2, 0) is 11.2 Å². The molecule has 0 aliphatic heterocycles. The lowest BCUT2D eigenvalue weighted by Gasteiger charge is -2.16. The third-order valence-electron chi connectivity index (χ3n) is 5.73. The third kappa shape index (κ3) is 5.55. The van der Waals surface area contributed by atoms with Gasteiger partial charge in [0.15, 0.2) is 0 Å². The molecule has 1 N–H and O–H groups in total. The van der Waals surface area contributed by atoms with E-state index in [1.54, 1.807) is 18.3 Å². The van der Waals surface area contributed by atoms with E-state index in [0.29, 0.717) is 31.5 Å². The Balaban J connectivity index is 1.23. The minimum atomic E-state index is -0.0801. The Morgan fingerprint density at radius 1 is 1.06 bits per heavy atom. The molecule has 1 atom stereocenters. The van der Waals surface area contributed by atoms with Crippen LogP contribution < -0.4 is 19.8 Å². The van der Waals surface area contributed by atoms with E-state index in [4.69, 9.17) is 18.9 Å². The van der Waals surface area contributed by atoms with E-state index in [1.165, 1.54) is 11.5 Å². The summed E-state index contributed by atoms with van der Waals surface area (Å²) < 4.78 is 26.0. The molecule has 0 amide bonds. The van der Waals surface area contributed by atoms with Crippen LogP contribution in [-0.4, -0.2) is 29.2 Å². The number of nitrogens with zero attached hydrogens (tertiary/aromatic N) is 1. The fourth-order valence-corrected chi connectivity index (χ4v) is 4.77. The van der Waals surface area contributed by atoms with Crippen molar-refractivity contribution in [1.82, 2.24) is 9.36 Å². The van der Waals surface area contributed by atoms with Crippen molar-refractivity contribution in [2.45, 2.75) is 25.9 Å². The lowest BCUT2D eigenvalue weighted by Crippen LogP contribution is -2.07. The molecule has 2 aromatic heterocycles. The summed E-state index contributed by atoms with van der Waals surface area (Å²) in [6, 6.07) is 19.2. The van der Waals surface area contributed by atoms with Gasteiger partial charge in [-0.15, -0.1) is 0 Å². The van der Waals surface area contributed by atoms with Gasteiger partial charge >= 0.3 is 0 Å². The summed E-state index contributed by atoms with van der Waals surface area (Å²) in [6.45, 7) is 3.62. The SMILES string of the molecule is CCOCCOc1ccc(Oc2cccc3c2CC[C@H]3Oc2ccc(-c3cc(=O)[nH]s3)cc2)cn1. The standard InChI is InChI=1S/C27H26N2O5S/c1-2-31-14-15-32-27-13-10-20(17-28-27)34-23-5-3-4-21-22(23)11-12-24(21)33-19-8-6-18(7-9-19)25-16-26(30)29-35-25/h3-10,13,16-17,24H,2,11-12,14-15H2,1H3,(H,29,30)/t24-/m1/s1. The highest BCUT2D eigenvalue weighted by molar-refractivity contribution is 7.09. The van der Waals surface area contributed by atoms with Crippen molar-refractivity contribution in [3.8, 4) is 33.6 Å². The summed E-state index contributed by atoms with van der Waals surface area (Å²) >= 11 is 1.33. The Kier molecular flexibility index (Phi) is 7.11. The maximum atomic E-state index is 11.4. The van der Waals surface area contributed by atoms with Gasteiger partial charge in [0.1, 0.15) is 30.0 Å². The van der Waals surface area contributed by atoms with Crippen LogP contribution in [0.1, 0.15) is 30.6 Å². The van der Waals surface area contributed by atoms with Crippen molar-refractivity contribution in [2.75, 3.05) is 19.8 Å². The summed E-state index contributed by atoms with van der Waals surface area (Å²) in [6.07, 6.45) is 3.38. The molecule has 0 fully saturated rings. The van der Waals surface area contributed by atoms with Crippen LogP contribution in [0.4, 0.5) is 0 Å². The van der Waals surface area contributed by atoms with Gasteiger partial charge in [-0.25, -0.2) is 4.98 Å². The molecule has 2 heterocycles. The second-order valence-corrected chi connectivity index (χ2v) is 8.90. The summed E-state index contributed by atoms with van der Waals surface area (Å²) in [5, 5.41) is 0. The van der Waals surface area contributed by atoms with Crippen molar-refractivity contribution in [3.05, 3.63) is 88.3 Å². The lowest BCUT2D eigenvalue weighted by atomic mass is 10.1. The van der Waals surface area contributed by atoms with Crippen molar-refractivity contribution in [2.24, 2.45) is 0 Å². The second-order valence-electron chi connectivity index (χ2n) is 8.05. The fraction of sp³-hybridized carbons (Fsp3) is 0.259. The summed E-state index contributed by atoms with van der Waals surface area (Å²) in [5.41, 5.74) is 3.20. The molecule has 180 valence electrons. The molecule has 0 saturated carbocycles. The van der Waals surface area contributed by atoms with Gasteiger partial charge in [-0.05, 0) is 67.3 Å². The first-order valence-electron chi connectivity index (χ1n) is 11.6. The van der Waals surface area contributed by atoms with E-state index in [2.05, 4.69) is 15.4 Å². The topological polar surface area (TPSA) is 82.7 Å². The minimum Gasteiger partial charge on any atom is -0.486 e. The first-order chi connectivity index (χ1) is 17.2. The highest BCUT2D eigenvalue weighted by Crippen LogP contribution is 2.41. The van der Waals surface area contributed by atoms with Gasteiger partial charge in [0, 0.05) is 24.3 Å². The van der Waals surface area contributed by atoms with Crippen LogP contribution in [0.15, 0.2) is 71.7 Å². The molecule has 4 aromatic rings. The first-order valence-corrected chi connectivity index (χ1v) is 12.4. The fourth-order valence-electron chi connectivity index (χ4n) is 4.08. The molecule has 7 nitrogen and oxygen atoms in total. The zero-order valence-corrected chi connectivity index (χ0v) is 20.2. The lowest BCUT2D eigenvalue weighted by molar-refractivity contribution is 0.108. The third-order valence-corrected chi connectivity index (χ3v) is 6.61. The highest BCUT2D eigenvalue weighted by atomic mass is 32.1. The van der Waals surface area contributed by atoms with Crippen LogP contribution in [0.2, 0.25) is 0 Å². The summed E-state index contributed by atoms with van der Waals surface area (Å²) in [7, 11) is 0. The predicted molar refractivity (Wildman–Crippen MR) is 135 cm³/mol. The minimum absolute atomic E-state index is 0.0399. The van der Waals surface area contributed by atoms with E-state index >= 15 is 0 Å². The van der Waals surface area contributed by atoms with E-state index < -0.39 is 0 Å². The number of ether oxygens (including phenoxy) is 4. The average Bonchev–Trinajstić information content (AvgIpc) is 3.50. The second kappa shape index (κ2) is 10.8. The van der Waals surface area contributed by atoms with E-state index in [1.807, 2.05) is 49.4 Å². The normalized spacial score (nSPS) is 14.5. The smallest absolute Gasteiger partial charge is 0.258 e. The number of fused-ring (bicyclic) bond motifs is 1. The Bertz CT molecular complexity index is 1310. The Labute approximate surface area is 207 Å². The molecule has 0 saturated heterocycles. The van der Waals surface area contributed by atoms with Crippen LogP contribution in [0, 0.1) is 0 Å². The first kappa shape index (κ1) is 23.1. The molecule has 2 aromatic carbocycles. The number of benzene rings is 2. The van der Waals surface area contributed by atoms with Gasteiger partial charge in [0.05, 0.1) is 17.7 Å². The van der Waals surface area contributed by atoms with Crippen molar-refractivity contribution in [3.63, 3.8) is 0 Å². The van der Waals surface area contributed by atoms with Crippen molar-refractivity contribution < 1.29 is 18.9 Å². The Morgan fingerprint density at radius 2 is 1.91 bits per heavy atom. The van der Waals surface area contributed by atoms with E-state index in [0.717, 1.165) is 45.9 Å². The van der Waals surface area contributed by atoms with E-state index in [-0.39, 0.29) is 11.7 Å². The molecule has 1 aliphatic carbocycles. The van der Waals surface area contributed by atoms with Crippen molar-refractivity contribution >= 4 is 11.5 Å². The molecule has 0 spiro atoms. The van der Waals surface area contributed by atoms with Crippen LogP contribution >= 0.6 is 11.5 Å². The summed E-state index contributed by atoms with van der Waals surface area (Å²) in [4.78, 5) is 16.6. The molecular formula is C27H26N2O5S. The quantitative estimate of drug-likeness (QED) is 0.284. The molecule has 0 unspecified atom stereocenters. The number of H-pyrrole nitrogens is 1. The zero-order chi connectivity index (χ0) is 24.0. The average molecular weight is 491 g/mol. The van der Waals surface area contributed by atoms with Gasteiger partial charge in [-0.1, -0.05) is 23.7 Å². The molecule has 5 rings (SSSR count). The van der Waals surface area contributed by atoms with Crippen LogP contribution in [0.5, 0.6) is 23.1 Å². The van der Waals surface area contributed by atoms with Gasteiger partial charge in [0.25, 0.3) is 5.56 Å². The number of hydrogen-bond acceptors (Lipinski definition) is 7. The zero-order valence-electron chi connectivity index (χ0n) is 19.4. The monoisotopic (exact) mass is 490 g/mol. The number of aromatic nitrogens is 2. The van der Waals surface area contributed by atoms with Crippen LogP contribution in [0.25, 0.3) is 10.4 Å². The predicted octanol–water partition coefficient (Wildman–Crippen LogP) is 5.77. The molecule has 0 bridgehead atoms. The number of nitrogens with one attached hydrogen (secondary N) is 1. The number of rotatable bonds is 10. The van der Waals surface area contributed by atoms with Gasteiger partial charge < -0.3 is 18.9 Å². The van der Waals surface area contributed by atoms with Gasteiger partial charge in [-0.2, -0.15) is 0 Å². The van der Waals surface area contributed by atoms with E-state index in [9.17, 15) is 4.79 Å². The van der Waals surface area contributed by atoms with Crippen molar-refractivity contribution in [1.29, 1.82) is 0 Å². The number of pyridine rings is 1. The van der Waals surface area contributed by atoms with Crippen LogP contribution in [0.3, 0.4) is 0 Å². The van der Waals surface area contributed by atoms with Gasteiger partial charge in [0.2, 0.25) is 5.88 Å². The molecule has 8 heteroatoms. The molecular weight excluding hydrogens is 464 g/mol. The van der Waals surface area contributed by atoms with Gasteiger partial charge in [-0.3, -0.25) is 9.17 Å². The summed E-state index contributed by atoms with van der Waals surface area (Å²) in [5.74, 6) is 2.81. The Morgan fingerprint density at radius 3 is 2.66 bits per heavy atom. The Hall–Kier alpha value is -3.62. The molecule has 0 radical (unpaired) electrons. The number of aromatic amines is 1. The number of hydrogen-bond donors (Lipinski definition) is 1. The maximum Gasteiger partial charge on any atom is 0.258 e. The molecule has 1 aliphatic rings.